The summed E-state index contributed by atoms with van der Waals surface area (Å²) >= 11 is 0. The molecule has 0 aliphatic rings. The highest BCUT2D eigenvalue weighted by molar-refractivity contribution is 5.97. The van der Waals surface area contributed by atoms with E-state index in [9.17, 15) is 19.2 Å². The Morgan fingerprint density at radius 3 is 1.35 bits per heavy atom. The van der Waals surface area contributed by atoms with Crippen LogP contribution in [0.3, 0.4) is 0 Å². The Balaban J connectivity index is 3.62. The summed E-state index contributed by atoms with van der Waals surface area (Å²) in [6, 6.07) is 0. The van der Waals surface area contributed by atoms with E-state index < -0.39 is 11.8 Å². The summed E-state index contributed by atoms with van der Waals surface area (Å²) in [6.45, 7) is 2.58. The number of amides is 4. The molecule has 4 N–H and O–H groups in total. The van der Waals surface area contributed by atoms with Crippen LogP contribution >= 0.6 is 0 Å². The van der Waals surface area contributed by atoms with Gasteiger partial charge in [-0.15, -0.1) is 0 Å². The van der Waals surface area contributed by atoms with E-state index in [0.717, 1.165) is 0 Å². The number of hydrogen-bond donors (Lipinski definition) is 4. The predicted molar refractivity (Wildman–Crippen MR) is 58.3 cm³/mol. The molecule has 0 radical (unpaired) electrons. The maximum absolute atomic E-state index is 11.1. The van der Waals surface area contributed by atoms with Crippen LogP contribution in [-0.4, -0.2) is 37.0 Å². The van der Waals surface area contributed by atoms with Crippen molar-refractivity contribution in [1.82, 2.24) is 21.3 Å². The van der Waals surface area contributed by atoms with Gasteiger partial charge in [0.05, 0.1) is 13.3 Å². The van der Waals surface area contributed by atoms with E-state index in [1.54, 1.807) is 0 Å². The second kappa shape index (κ2) is 8.08. The van der Waals surface area contributed by atoms with Crippen molar-refractivity contribution >= 4 is 23.6 Å². The number of carbonyl (C=O) groups is 4. The first-order valence-corrected chi connectivity index (χ1v) is 4.94. The maximum atomic E-state index is 11.1. The summed E-state index contributed by atoms with van der Waals surface area (Å²) in [5.74, 6) is -1.58. The van der Waals surface area contributed by atoms with Crippen molar-refractivity contribution in [1.29, 1.82) is 0 Å². The van der Waals surface area contributed by atoms with Crippen molar-refractivity contribution in [3.63, 3.8) is 0 Å². The molecule has 0 aromatic rings. The second-order valence-corrected chi connectivity index (χ2v) is 3.20. The van der Waals surface area contributed by atoms with Gasteiger partial charge in [0.1, 0.15) is 6.42 Å². The van der Waals surface area contributed by atoms with Gasteiger partial charge in [-0.25, -0.2) is 0 Å². The monoisotopic (exact) mass is 244 g/mol. The van der Waals surface area contributed by atoms with Crippen LogP contribution in [0.1, 0.15) is 20.3 Å². The Morgan fingerprint density at radius 1 is 0.706 bits per heavy atom. The minimum absolute atomic E-state index is 0.0207. The quantitative estimate of drug-likeness (QED) is 0.313. The normalized spacial score (nSPS) is 9.06. The number of rotatable bonds is 6. The molecule has 0 bridgehead atoms. The van der Waals surface area contributed by atoms with Gasteiger partial charge in [-0.3, -0.25) is 19.2 Å². The molecule has 0 aromatic carbocycles. The molecule has 0 rings (SSSR count). The Morgan fingerprint density at radius 2 is 1.06 bits per heavy atom. The van der Waals surface area contributed by atoms with Crippen LogP contribution in [0.15, 0.2) is 0 Å². The first-order chi connectivity index (χ1) is 7.91. The van der Waals surface area contributed by atoms with Crippen molar-refractivity contribution in [3.05, 3.63) is 0 Å². The number of carbonyl (C=O) groups excluding carboxylic acids is 4. The maximum Gasteiger partial charge on any atom is 0.230 e. The highest BCUT2D eigenvalue weighted by Crippen LogP contribution is 1.78. The Labute approximate surface area is 98.5 Å². The van der Waals surface area contributed by atoms with Crippen LogP contribution in [0.4, 0.5) is 0 Å². The summed E-state index contributed by atoms with van der Waals surface area (Å²) in [7, 11) is 0. The first-order valence-electron chi connectivity index (χ1n) is 4.94. The van der Waals surface area contributed by atoms with Gasteiger partial charge >= 0.3 is 0 Å². The average Bonchev–Trinajstić information content (AvgIpc) is 2.15. The van der Waals surface area contributed by atoms with Crippen LogP contribution in [0.5, 0.6) is 0 Å². The minimum Gasteiger partial charge on any atom is -0.339 e. The molecule has 8 nitrogen and oxygen atoms in total. The molecule has 0 unspecified atom stereocenters. The lowest BCUT2D eigenvalue weighted by Gasteiger charge is -2.07. The van der Waals surface area contributed by atoms with E-state index in [1.165, 1.54) is 13.8 Å². The van der Waals surface area contributed by atoms with Gasteiger partial charge < -0.3 is 21.3 Å². The Kier molecular flexibility index (Phi) is 7.07. The summed E-state index contributed by atoms with van der Waals surface area (Å²) in [4.78, 5) is 43.2. The van der Waals surface area contributed by atoms with Gasteiger partial charge in [-0.1, -0.05) is 0 Å². The van der Waals surface area contributed by atoms with Crippen molar-refractivity contribution in [2.45, 2.75) is 20.3 Å². The van der Waals surface area contributed by atoms with Gasteiger partial charge in [0.15, 0.2) is 0 Å². The third-order valence-corrected chi connectivity index (χ3v) is 1.57. The third kappa shape index (κ3) is 10.2. The minimum atomic E-state index is -0.515. The second-order valence-electron chi connectivity index (χ2n) is 3.20. The zero-order valence-electron chi connectivity index (χ0n) is 9.75. The molecule has 96 valence electrons. The summed E-state index contributed by atoms with van der Waals surface area (Å²) in [5, 5.41) is 9.35. The molecular weight excluding hydrogens is 228 g/mol. The van der Waals surface area contributed by atoms with Gasteiger partial charge in [-0.05, 0) is 0 Å². The fourth-order valence-corrected chi connectivity index (χ4v) is 0.805. The lowest BCUT2D eigenvalue weighted by Crippen LogP contribution is -2.41. The van der Waals surface area contributed by atoms with Crippen LogP contribution < -0.4 is 21.3 Å². The molecular formula is C9H16N4O4. The van der Waals surface area contributed by atoms with Crippen molar-refractivity contribution < 1.29 is 19.2 Å². The molecule has 0 saturated carbocycles. The molecule has 0 aromatic heterocycles. The number of hydrogen-bond acceptors (Lipinski definition) is 4. The molecule has 0 aliphatic heterocycles. The van der Waals surface area contributed by atoms with Crippen LogP contribution in [0.2, 0.25) is 0 Å². The molecule has 0 atom stereocenters. The van der Waals surface area contributed by atoms with Crippen LogP contribution in [-0.2, 0) is 19.2 Å². The highest BCUT2D eigenvalue weighted by atomic mass is 16.2. The molecule has 0 saturated heterocycles. The zero-order chi connectivity index (χ0) is 13.3. The van der Waals surface area contributed by atoms with Gasteiger partial charge in [0, 0.05) is 13.8 Å². The van der Waals surface area contributed by atoms with Gasteiger partial charge in [-0.2, -0.15) is 0 Å². The van der Waals surface area contributed by atoms with E-state index in [2.05, 4.69) is 21.3 Å². The molecule has 0 spiro atoms. The standard InChI is InChI=1S/C9H16N4O4/c1-6(14)10-4-12-8(16)3-9(17)13-5-11-7(2)15/h3-5H2,1-2H3,(H,10,14)(H,11,15)(H,12,16)(H,13,17). The van der Waals surface area contributed by atoms with Crippen LogP contribution in [0.25, 0.3) is 0 Å². The fraction of sp³-hybridized carbons (Fsp3) is 0.556. The third-order valence-electron chi connectivity index (χ3n) is 1.57. The Bertz CT molecular complexity index is 286. The first kappa shape index (κ1) is 14.9. The fourth-order valence-electron chi connectivity index (χ4n) is 0.805. The van der Waals surface area contributed by atoms with E-state index >= 15 is 0 Å². The topological polar surface area (TPSA) is 116 Å². The predicted octanol–water partition coefficient (Wildman–Crippen LogP) is -2.20. The Hall–Kier alpha value is -2.12. The molecule has 17 heavy (non-hydrogen) atoms. The number of nitrogens with one attached hydrogen (secondary N) is 4. The lowest BCUT2D eigenvalue weighted by molar-refractivity contribution is -0.129. The van der Waals surface area contributed by atoms with Crippen LogP contribution in [0, 0.1) is 0 Å². The van der Waals surface area contributed by atoms with E-state index in [1.807, 2.05) is 0 Å². The zero-order valence-corrected chi connectivity index (χ0v) is 9.75. The lowest BCUT2D eigenvalue weighted by atomic mass is 10.4. The van der Waals surface area contributed by atoms with Crippen molar-refractivity contribution in [3.8, 4) is 0 Å². The summed E-state index contributed by atoms with van der Waals surface area (Å²) in [6.07, 6.45) is -0.362. The smallest absolute Gasteiger partial charge is 0.230 e. The summed E-state index contributed by atoms with van der Waals surface area (Å²) in [5.41, 5.74) is 0. The largest absolute Gasteiger partial charge is 0.339 e. The molecule has 4 amide bonds. The van der Waals surface area contributed by atoms with Gasteiger partial charge in [0.2, 0.25) is 23.6 Å². The molecule has 0 fully saturated rings. The summed E-state index contributed by atoms with van der Waals surface area (Å²) < 4.78 is 0. The highest BCUT2D eigenvalue weighted by Gasteiger charge is 2.08. The van der Waals surface area contributed by atoms with Gasteiger partial charge in [0.25, 0.3) is 0 Å². The van der Waals surface area contributed by atoms with Crippen molar-refractivity contribution in [2.24, 2.45) is 0 Å². The average molecular weight is 244 g/mol. The van der Waals surface area contributed by atoms with E-state index in [4.69, 9.17) is 0 Å². The molecule has 0 heterocycles. The SMILES string of the molecule is CC(=O)NCNC(=O)CC(=O)NCNC(C)=O. The molecule has 8 heteroatoms. The molecule has 0 aliphatic carbocycles. The van der Waals surface area contributed by atoms with Crippen molar-refractivity contribution in [2.75, 3.05) is 13.3 Å². The van der Waals surface area contributed by atoms with E-state index in [-0.39, 0.29) is 31.6 Å². The van der Waals surface area contributed by atoms with E-state index in [0.29, 0.717) is 0 Å².